The van der Waals surface area contributed by atoms with E-state index in [1.165, 1.54) is 18.4 Å². The van der Waals surface area contributed by atoms with Gasteiger partial charge in [0.05, 0.1) is 6.10 Å². The van der Waals surface area contributed by atoms with Crippen molar-refractivity contribution in [1.82, 2.24) is 4.90 Å². The maximum absolute atomic E-state index is 6.54. The molecule has 1 saturated heterocycles. The molecule has 2 N–H and O–H groups in total. The summed E-state index contributed by atoms with van der Waals surface area (Å²) in [5.74, 6) is 0. The summed E-state index contributed by atoms with van der Waals surface area (Å²) in [6, 6.07) is 11.0. The summed E-state index contributed by atoms with van der Waals surface area (Å²) in [5, 5.41) is 0. The van der Waals surface area contributed by atoms with Crippen LogP contribution < -0.4 is 5.73 Å². The van der Waals surface area contributed by atoms with Gasteiger partial charge in [0.1, 0.15) is 0 Å². The van der Waals surface area contributed by atoms with Crippen molar-refractivity contribution < 1.29 is 4.74 Å². The van der Waals surface area contributed by atoms with Crippen LogP contribution in [0.15, 0.2) is 30.3 Å². The molecule has 0 bridgehead atoms. The smallest absolute Gasteiger partial charge is 0.0702 e. The third kappa shape index (κ3) is 4.53. The highest BCUT2D eigenvalue weighted by Crippen LogP contribution is 2.25. The minimum absolute atomic E-state index is 0.0844. The van der Waals surface area contributed by atoms with Crippen molar-refractivity contribution in [2.45, 2.75) is 57.7 Å². The minimum Gasteiger partial charge on any atom is -0.377 e. The third-order valence-corrected chi connectivity index (χ3v) is 4.45. The highest BCUT2D eigenvalue weighted by Gasteiger charge is 2.29. The van der Waals surface area contributed by atoms with Gasteiger partial charge in [-0.3, -0.25) is 4.90 Å². The molecule has 1 aromatic carbocycles. The van der Waals surface area contributed by atoms with Crippen molar-refractivity contribution in [2.75, 3.05) is 19.7 Å². The van der Waals surface area contributed by atoms with E-state index in [1.54, 1.807) is 0 Å². The van der Waals surface area contributed by atoms with Gasteiger partial charge in [0, 0.05) is 25.2 Å². The van der Waals surface area contributed by atoms with E-state index in [0.29, 0.717) is 12.1 Å². The van der Waals surface area contributed by atoms with E-state index in [2.05, 4.69) is 43.0 Å². The van der Waals surface area contributed by atoms with Crippen molar-refractivity contribution >= 4 is 0 Å². The number of nitrogens with zero attached hydrogens (tertiary/aromatic N) is 1. The van der Waals surface area contributed by atoms with Crippen molar-refractivity contribution in [3.8, 4) is 0 Å². The van der Waals surface area contributed by atoms with Crippen molar-refractivity contribution in [3.05, 3.63) is 35.9 Å². The highest BCUT2D eigenvalue weighted by molar-refractivity contribution is 5.20. The molecular formula is C18H30N2O. The average molecular weight is 290 g/mol. The minimum atomic E-state index is 0.0844. The average Bonchev–Trinajstić information content (AvgIpc) is 2.55. The van der Waals surface area contributed by atoms with Gasteiger partial charge in [0.25, 0.3) is 0 Å². The van der Waals surface area contributed by atoms with E-state index < -0.39 is 0 Å². The summed E-state index contributed by atoms with van der Waals surface area (Å²) in [6.45, 7) is 7.45. The second-order valence-corrected chi connectivity index (χ2v) is 6.04. The Morgan fingerprint density at radius 1 is 1.29 bits per heavy atom. The molecule has 0 aromatic heterocycles. The van der Waals surface area contributed by atoms with E-state index in [1.807, 2.05) is 6.07 Å². The maximum atomic E-state index is 6.54. The molecule has 3 heteroatoms. The Kier molecular flexibility index (Phi) is 6.68. The van der Waals surface area contributed by atoms with Crippen LogP contribution in [-0.2, 0) is 4.74 Å². The van der Waals surface area contributed by atoms with Crippen LogP contribution in [0.1, 0.15) is 51.1 Å². The summed E-state index contributed by atoms with van der Waals surface area (Å²) in [7, 11) is 0. The SMILES string of the molecule is CCCOC1CCCN(C(CC)C(N)c2ccccc2)C1. The number of likely N-dealkylation sites (tertiary alicyclic amines) is 1. The Hall–Kier alpha value is -0.900. The van der Waals surface area contributed by atoms with Gasteiger partial charge in [-0.2, -0.15) is 0 Å². The molecule has 3 atom stereocenters. The van der Waals surface area contributed by atoms with E-state index in [-0.39, 0.29) is 6.04 Å². The molecule has 0 amide bonds. The largest absolute Gasteiger partial charge is 0.377 e. The molecule has 1 fully saturated rings. The van der Waals surface area contributed by atoms with Gasteiger partial charge in [0.2, 0.25) is 0 Å². The molecule has 1 aliphatic rings. The van der Waals surface area contributed by atoms with E-state index in [4.69, 9.17) is 10.5 Å². The van der Waals surface area contributed by atoms with Gasteiger partial charge in [0.15, 0.2) is 0 Å². The summed E-state index contributed by atoms with van der Waals surface area (Å²) >= 11 is 0. The monoisotopic (exact) mass is 290 g/mol. The fraction of sp³-hybridized carbons (Fsp3) is 0.667. The van der Waals surface area contributed by atoms with E-state index >= 15 is 0 Å². The fourth-order valence-corrected chi connectivity index (χ4v) is 3.32. The van der Waals surface area contributed by atoms with Crippen molar-refractivity contribution in [1.29, 1.82) is 0 Å². The van der Waals surface area contributed by atoms with E-state index in [9.17, 15) is 0 Å². The lowest BCUT2D eigenvalue weighted by Gasteiger charge is -2.40. The molecule has 2 rings (SSSR count). The first kappa shape index (κ1) is 16.5. The number of benzene rings is 1. The van der Waals surface area contributed by atoms with Crippen LogP contribution in [0.4, 0.5) is 0 Å². The first-order valence-corrected chi connectivity index (χ1v) is 8.42. The molecule has 0 spiro atoms. The summed E-state index contributed by atoms with van der Waals surface area (Å²) in [5.41, 5.74) is 7.78. The van der Waals surface area contributed by atoms with Gasteiger partial charge in [-0.25, -0.2) is 0 Å². The fourth-order valence-electron chi connectivity index (χ4n) is 3.32. The lowest BCUT2D eigenvalue weighted by molar-refractivity contribution is -0.0165. The zero-order chi connectivity index (χ0) is 15.1. The predicted octanol–water partition coefficient (Wildman–Crippen LogP) is 3.36. The van der Waals surface area contributed by atoms with Gasteiger partial charge < -0.3 is 10.5 Å². The number of hydrogen-bond acceptors (Lipinski definition) is 3. The molecule has 1 aromatic rings. The van der Waals surface area contributed by atoms with Gasteiger partial charge in [-0.1, -0.05) is 44.2 Å². The number of nitrogens with two attached hydrogens (primary N) is 1. The van der Waals surface area contributed by atoms with Crippen molar-refractivity contribution in [2.24, 2.45) is 5.73 Å². The molecule has 3 unspecified atom stereocenters. The predicted molar refractivity (Wildman–Crippen MR) is 88.3 cm³/mol. The standard InChI is InChI=1S/C18H30N2O/c1-3-13-21-16-11-8-12-20(14-16)17(4-2)18(19)15-9-6-5-7-10-15/h5-7,9-10,16-18H,3-4,8,11-14,19H2,1-2H3. The molecule has 3 nitrogen and oxygen atoms in total. The molecule has 118 valence electrons. The first-order valence-electron chi connectivity index (χ1n) is 8.42. The summed E-state index contributed by atoms with van der Waals surface area (Å²) in [4.78, 5) is 2.54. The van der Waals surface area contributed by atoms with Crippen LogP contribution in [0.25, 0.3) is 0 Å². The zero-order valence-corrected chi connectivity index (χ0v) is 13.5. The quantitative estimate of drug-likeness (QED) is 0.837. The lowest BCUT2D eigenvalue weighted by atomic mass is 9.94. The van der Waals surface area contributed by atoms with Gasteiger partial charge >= 0.3 is 0 Å². The Balaban J connectivity index is 1.99. The molecular weight excluding hydrogens is 260 g/mol. The molecule has 0 saturated carbocycles. The molecule has 1 heterocycles. The zero-order valence-electron chi connectivity index (χ0n) is 13.5. The van der Waals surface area contributed by atoms with Gasteiger partial charge in [-0.05, 0) is 37.8 Å². The van der Waals surface area contributed by atoms with E-state index in [0.717, 1.165) is 32.5 Å². The molecule has 0 aliphatic carbocycles. The van der Waals surface area contributed by atoms with Crippen LogP contribution in [0, 0.1) is 0 Å². The second-order valence-electron chi connectivity index (χ2n) is 6.04. The Labute approximate surface area is 129 Å². The Morgan fingerprint density at radius 2 is 2.05 bits per heavy atom. The molecule has 21 heavy (non-hydrogen) atoms. The van der Waals surface area contributed by atoms with Crippen LogP contribution in [0.2, 0.25) is 0 Å². The number of ether oxygens (including phenoxy) is 1. The van der Waals surface area contributed by atoms with Crippen LogP contribution in [0.3, 0.4) is 0 Å². The Bertz CT molecular complexity index is 395. The van der Waals surface area contributed by atoms with Crippen molar-refractivity contribution in [3.63, 3.8) is 0 Å². The highest BCUT2D eigenvalue weighted by atomic mass is 16.5. The number of hydrogen-bond donors (Lipinski definition) is 1. The molecule has 0 radical (unpaired) electrons. The topological polar surface area (TPSA) is 38.5 Å². The van der Waals surface area contributed by atoms with Crippen LogP contribution in [-0.4, -0.2) is 36.7 Å². The maximum Gasteiger partial charge on any atom is 0.0702 e. The van der Waals surface area contributed by atoms with Crippen LogP contribution >= 0.6 is 0 Å². The second kappa shape index (κ2) is 8.52. The lowest BCUT2D eigenvalue weighted by Crippen LogP contribution is -2.49. The normalized spacial score (nSPS) is 22.9. The summed E-state index contributed by atoms with van der Waals surface area (Å²) < 4.78 is 5.96. The van der Waals surface area contributed by atoms with Gasteiger partial charge in [-0.15, -0.1) is 0 Å². The first-order chi connectivity index (χ1) is 10.3. The molecule has 1 aliphatic heterocycles. The third-order valence-electron chi connectivity index (χ3n) is 4.45. The summed E-state index contributed by atoms with van der Waals surface area (Å²) in [6.07, 6.45) is 4.96. The number of rotatable bonds is 7. The van der Waals surface area contributed by atoms with Crippen LogP contribution in [0.5, 0.6) is 0 Å². The Morgan fingerprint density at radius 3 is 2.71 bits per heavy atom. The number of piperidine rings is 1.